The molecule has 2 aliphatic rings. The molecule has 3 rings (SSSR count). The Hall–Kier alpha value is -1.40. The molecule has 0 saturated carbocycles. The minimum Gasteiger partial charge on any atom is -0.377 e. The highest BCUT2D eigenvalue weighted by Gasteiger charge is 2.44. The first-order valence-electron chi connectivity index (χ1n) is 6.68. The molecule has 104 valence electrons. The highest BCUT2D eigenvalue weighted by molar-refractivity contribution is 5.93. The van der Waals surface area contributed by atoms with E-state index in [0.29, 0.717) is 30.0 Å². The van der Waals surface area contributed by atoms with Gasteiger partial charge in [-0.15, -0.1) is 0 Å². The first-order valence-corrected chi connectivity index (χ1v) is 6.68. The number of nitrogens with zero attached hydrogens (tertiary/aromatic N) is 2. The monoisotopic (exact) mass is 265 g/mol. The van der Waals surface area contributed by atoms with Crippen LogP contribution in [0, 0.1) is 5.92 Å². The van der Waals surface area contributed by atoms with Gasteiger partial charge in [0, 0.05) is 38.3 Å². The number of aromatic nitrogens is 1. The van der Waals surface area contributed by atoms with Gasteiger partial charge in [0.15, 0.2) is 11.5 Å². The molecule has 0 aromatic carbocycles. The number of nitrogens with one attached hydrogen (secondary N) is 1. The fourth-order valence-electron chi connectivity index (χ4n) is 3.27. The minimum atomic E-state index is -0.0326. The number of rotatable bonds is 3. The molecule has 1 N–H and O–H groups in total. The highest BCUT2D eigenvalue weighted by Crippen LogP contribution is 2.33. The number of hydrogen-bond acceptors (Lipinski definition) is 5. The van der Waals surface area contributed by atoms with E-state index in [0.717, 1.165) is 19.5 Å². The van der Waals surface area contributed by atoms with Crippen molar-refractivity contribution in [2.75, 3.05) is 20.2 Å². The van der Waals surface area contributed by atoms with Gasteiger partial charge < -0.3 is 19.5 Å². The van der Waals surface area contributed by atoms with Crippen LogP contribution in [0.1, 0.15) is 29.6 Å². The van der Waals surface area contributed by atoms with Crippen molar-refractivity contribution in [2.24, 2.45) is 5.92 Å². The first kappa shape index (κ1) is 12.6. The van der Waals surface area contributed by atoms with Crippen LogP contribution in [-0.2, 0) is 11.3 Å². The summed E-state index contributed by atoms with van der Waals surface area (Å²) in [4.78, 5) is 14.5. The molecular weight excluding hydrogens is 246 g/mol. The Morgan fingerprint density at radius 3 is 3.26 bits per heavy atom. The van der Waals surface area contributed by atoms with Crippen molar-refractivity contribution >= 4 is 5.91 Å². The third-order valence-corrected chi connectivity index (χ3v) is 4.08. The molecule has 0 spiro atoms. The Labute approximate surface area is 112 Å². The van der Waals surface area contributed by atoms with Crippen molar-refractivity contribution in [2.45, 2.75) is 32.0 Å². The Morgan fingerprint density at radius 2 is 2.47 bits per heavy atom. The van der Waals surface area contributed by atoms with Crippen LogP contribution in [0.25, 0.3) is 0 Å². The van der Waals surface area contributed by atoms with Crippen molar-refractivity contribution in [1.29, 1.82) is 0 Å². The molecule has 1 aromatic heterocycles. The molecule has 1 aromatic rings. The zero-order chi connectivity index (χ0) is 13.4. The summed E-state index contributed by atoms with van der Waals surface area (Å²) in [5.41, 5.74) is 0.381. The standard InChI is InChI=1S/C13H19N3O3/c1-8-3-9-5-14-6-12(9)16(8)13(17)11-4-10(7-18-2)19-15-11/h4,8-9,12,14H,3,5-7H2,1-2H3. The van der Waals surface area contributed by atoms with Gasteiger partial charge >= 0.3 is 0 Å². The van der Waals surface area contributed by atoms with Gasteiger partial charge in [-0.05, 0) is 19.3 Å². The van der Waals surface area contributed by atoms with Gasteiger partial charge in [-0.2, -0.15) is 0 Å². The van der Waals surface area contributed by atoms with Gasteiger partial charge in [-0.25, -0.2) is 0 Å². The maximum Gasteiger partial charge on any atom is 0.276 e. The average molecular weight is 265 g/mol. The number of carbonyl (C=O) groups excluding carboxylic acids is 1. The largest absolute Gasteiger partial charge is 0.377 e. The number of likely N-dealkylation sites (tertiary alicyclic amines) is 1. The lowest BCUT2D eigenvalue weighted by molar-refractivity contribution is 0.0671. The van der Waals surface area contributed by atoms with E-state index in [4.69, 9.17) is 9.26 Å². The number of amides is 1. The zero-order valence-corrected chi connectivity index (χ0v) is 11.3. The highest BCUT2D eigenvalue weighted by atomic mass is 16.5. The van der Waals surface area contributed by atoms with Crippen molar-refractivity contribution in [3.05, 3.63) is 17.5 Å². The first-order chi connectivity index (χ1) is 9.20. The van der Waals surface area contributed by atoms with E-state index in [-0.39, 0.29) is 11.9 Å². The van der Waals surface area contributed by atoms with Crippen LogP contribution >= 0.6 is 0 Å². The Kier molecular flexibility index (Phi) is 3.28. The van der Waals surface area contributed by atoms with Crippen LogP contribution in [0.4, 0.5) is 0 Å². The molecule has 3 unspecified atom stereocenters. The van der Waals surface area contributed by atoms with Crippen molar-refractivity contribution in [3.8, 4) is 0 Å². The quantitative estimate of drug-likeness (QED) is 0.869. The number of carbonyl (C=O) groups is 1. The molecule has 0 radical (unpaired) electrons. The Balaban J connectivity index is 1.78. The summed E-state index contributed by atoms with van der Waals surface area (Å²) >= 11 is 0. The summed E-state index contributed by atoms with van der Waals surface area (Å²) in [7, 11) is 1.58. The normalized spacial score (nSPS) is 29.8. The van der Waals surface area contributed by atoms with Gasteiger partial charge in [0.05, 0.1) is 0 Å². The van der Waals surface area contributed by atoms with Crippen molar-refractivity contribution < 1.29 is 14.1 Å². The van der Waals surface area contributed by atoms with Crippen molar-refractivity contribution in [1.82, 2.24) is 15.4 Å². The van der Waals surface area contributed by atoms with Gasteiger partial charge in [0.25, 0.3) is 5.91 Å². The molecule has 6 nitrogen and oxygen atoms in total. The van der Waals surface area contributed by atoms with E-state index in [9.17, 15) is 4.79 Å². The van der Waals surface area contributed by atoms with Crippen LogP contribution in [0.5, 0.6) is 0 Å². The van der Waals surface area contributed by atoms with Crippen LogP contribution in [0.3, 0.4) is 0 Å². The molecule has 2 saturated heterocycles. The van der Waals surface area contributed by atoms with E-state index in [1.165, 1.54) is 0 Å². The molecular formula is C13H19N3O3. The lowest BCUT2D eigenvalue weighted by Gasteiger charge is -2.26. The molecule has 1 amide bonds. The summed E-state index contributed by atoms with van der Waals surface area (Å²) < 4.78 is 10.1. The maximum atomic E-state index is 12.6. The molecule has 2 fully saturated rings. The molecule has 3 atom stereocenters. The Morgan fingerprint density at radius 1 is 1.63 bits per heavy atom. The van der Waals surface area contributed by atoms with Crippen molar-refractivity contribution in [3.63, 3.8) is 0 Å². The third kappa shape index (κ3) is 2.15. The third-order valence-electron chi connectivity index (χ3n) is 4.08. The topological polar surface area (TPSA) is 67.6 Å². The van der Waals surface area contributed by atoms with Gasteiger partial charge in [0.2, 0.25) is 0 Å². The van der Waals surface area contributed by atoms with E-state index >= 15 is 0 Å². The lowest BCUT2D eigenvalue weighted by atomic mass is 10.0. The van der Waals surface area contributed by atoms with Gasteiger partial charge in [-0.1, -0.05) is 5.16 Å². The molecule has 0 bridgehead atoms. The number of fused-ring (bicyclic) bond motifs is 1. The fourth-order valence-corrected chi connectivity index (χ4v) is 3.27. The van der Waals surface area contributed by atoms with Crippen LogP contribution in [0.15, 0.2) is 10.6 Å². The van der Waals surface area contributed by atoms with E-state index in [1.54, 1.807) is 13.2 Å². The summed E-state index contributed by atoms with van der Waals surface area (Å²) in [5.74, 6) is 1.12. The molecule has 0 aliphatic carbocycles. The summed E-state index contributed by atoms with van der Waals surface area (Å²) in [5, 5.41) is 7.21. The molecule has 2 aliphatic heterocycles. The minimum absolute atomic E-state index is 0.0326. The van der Waals surface area contributed by atoms with Crippen LogP contribution in [0.2, 0.25) is 0 Å². The second-order valence-corrected chi connectivity index (χ2v) is 5.39. The second-order valence-electron chi connectivity index (χ2n) is 5.39. The zero-order valence-electron chi connectivity index (χ0n) is 11.3. The van der Waals surface area contributed by atoms with Gasteiger partial charge in [-0.3, -0.25) is 4.79 Å². The molecule has 19 heavy (non-hydrogen) atoms. The number of ether oxygens (including phenoxy) is 1. The SMILES string of the molecule is COCc1cc(C(=O)N2C(C)CC3CNCC32)no1. The second kappa shape index (κ2) is 4.94. The molecule has 6 heteroatoms. The van der Waals surface area contributed by atoms with E-state index < -0.39 is 0 Å². The smallest absolute Gasteiger partial charge is 0.276 e. The van der Waals surface area contributed by atoms with Crippen LogP contribution in [-0.4, -0.2) is 48.2 Å². The fraction of sp³-hybridized carbons (Fsp3) is 0.692. The van der Waals surface area contributed by atoms with E-state index in [1.807, 2.05) is 4.90 Å². The predicted molar refractivity (Wildman–Crippen MR) is 67.6 cm³/mol. The van der Waals surface area contributed by atoms with E-state index in [2.05, 4.69) is 17.4 Å². The maximum absolute atomic E-state index is 12.6. The van der Waals surface area contributed by atoms with Gasteiger partial charge in [0.1, 0.15) is 6.61 Å². The molecule has 3 heterocycles. The number of methoxy groups -OCH3 is 1. The number of hydrogen-bond donors (Lipinski definition) is 1. The lowest BCUT2D eigenvalue weighted by Crippen LogP contribution is -2.42. The summed E-state index contributed by atoms with van der Waals surface area (Å²) in [6.07, 6.45) is 1.06. The average Bonchev–Trinajstić information content (AvgIpc) is 3.04. The predicted octanol–water partition coefficient (Wildman–Crippen LogP) is 0.643. The Bertz CT molecular complexity index is 473. The summed E-state index contributed by atoms with van der Waals surface area (Å²) in [6.45, 7) is 4.33. The van der Waals surface area contributed by atoms with Crippen LogP contribution < -0.4 is 5.32 Å². The summed E-state index contributed by atoms with van der Waals surface area (Å²) in [6, 6.07) is 2.24.